The van der Waals surface area contributed by atoms with Crippen LogP contribution in [0.25, 0.3) is 10.8 Å². The van der Waals surface area contributed by atoms with Gasteiger partial charge in [0.1, 0.15) is 11.9 Å². The SMILES string of the molecule is Cc1cc(S(C)(=O)=O)ccc1C(O)c1cc(CC(=O)O)cc2ccc(F)cc12. The fourth-order valence-corrected chi connectivity index (χ4v) is 3.99. The van der Waals surface area contributed by atoms with Crippen LogP contribution in [0.3, 0.4) is 0 Å². The third-order valence-electron chi connectivity index (χ3n) is 4.62. The van der Waals surface area contributed by atoms with Gasteiger partial charge >= 0.3 is 5.97 Å². The molecule has 7 heteroatoms. The van der Waals surface area contributed by atoms with Gasteiger partial charge in [0.05, 0.1) is 11.3 Å². The van der Waals surface area contributed by atoms with Crippen molar-refractivity contribution >= 4 is 26.6 Å². The number of benzene rings is 3. The van der Waals surface area contributed by atoms with Crippen molar-refractivity contribution < 1.29 is 27.8 Å². The number of carbonyl (C=O) groups is 1. The molecule has 5 nitrogen and oxygen atoms in total. The molecule has 3 aromatic carbocycles. The van der Waals surface area contributed by atoms with Crippen LogP contribution in [0.5, 0.6) is 0 Å². The molecule has 0 saturated carbocycles. The number of aliphatic carboxylic acids is 1. The minimum absolute atomic E-state index is 0.136. The molecule has 3 rings (SSSR count). The van der Waals surface area contributed by atoms with E-state index < -0.39 is 27.7 Å². The summed E-state index contributed by atoms with van der Waals surface area (Å²) in [6, 6.07) is 11.7. The number of hydrogen-bond acceptors (Lipinski definition) is 4. The summed E-state index contributed by atoms with van der Waals surface area (Å²) in [5.74, 6) is -1.49. The molecule has 0 radical (unpaired) electrons. The number of aryl methyl sites for hydroxylation is 1. The van der Waals surface area contributed by atoms with Crippen molar-refractivity contribution in [2.24, 2.45) is 0 Å². The average Bonchev–Trinajstić information content (AvgIpc) is 2.59. The molecular weight excluding hydrogens is 383 g/mol. The molecule has 1 unspecified atom stereocenters. The van der Waals surface area contributed by atoms with Crippen LogP contribution in [0.2, 0.25) is 0 Å². The van der Waals surface area contributed by atoms with Gasteiger partial charge in [-0.1, -0.05) is 24.3 Å². The minimum atomic E-state index is -3.39. The van der Waals surface area contributed by atoms with E-state index in [2.05, 4.69) is 0 Å². The second kappa shape index (κ2) is 7.33. The van der Waals surface area contributed by atoms with E-state index in [9.17, 15) is 22.7 Å². The van der Waals surface area contributed by atoms with Gasteiger partial charge in [-0.15, -0.1) is 0 Å². The number of fused-ring (bicyclic) bond motifs is 1. The van der Waals surface area contributed by atoms with Crippen molar-refractivity contribution in [3.8, 4) is 0 Å². The number of carboxylic acid groups (broad SMARTS) is 1. The smallest absolute Gasteiger partial charge is 0.307 e. The third-order valence-corrected chi connectivity index (χ3v) is 5.73. The molecule has 28 heavy (non-hydrogen) atoms. The van der Waals surface area contributed by atoms with Crippen LogP contribution >= 0.6 is 0 Å². The maximum atomic E-state index is 13.8. The van der Waals surface area contributed by atoms with E-state index >= 15 is 0 Å². The van der Waals surface area contributed by atoms with Crippen LogP contribution in [0, 0.1) is 12.7 Å². The Labute approximate surface area is 162 Å². The van der Waals surface area contributed by atoms with Gasteiger partial charge in [0, 0.05) is 6.26 Å². The Morgan fingerprint density at radius 3 is 2.39 bits per heavy atom. The lowest BCUT2D eigenvalue weighted by molar-refractivity contribution is -0.136. The molecule has 0 saturated heterocycles. The molecule has 3 aromatic rings. The lowest BCUT2D eigenvalue weighted by atomic mass is 9.91. The number of sulfone groups is 1. The van der Waals surface area contributed by atoms with Gasteiger partial charge in [0.25, 0.3) is 0 Å². The largest absolute Gasteiger partial charge is 0.481 e. The molecule has 0 bridgehead atoms. The Morgan fingerprint density at radius 2 is 1.79 bits per heavy atom. The first-order valence-corrected chi connectivity index (χ1v) is 10.4. The van der Waals surface area contributed by atoms with E-state index in [4.69, 9.17) is 5.11 Å². The molecule has 0 aliphatic carbocycles. The number of hydrogen-bond donors (Lipinski definition) is 2. The lowest BCUT2D eigenvalue weighted by Gasteiger charge is -2.18. The highest BCUT2D eigenvalue weighted by Crippen LogP contribution is 2.33. The van der Waals surface area contributed by atoms with Gasteiger partial charge in [0.2, 0.25) is 0 Å². The molecule has 0 aliphatic rings. The van der Waals surface area contributed by atoms with Gasteiger partial charge in [-0.2, -0.15) is 0 Å². The first-order chi connectivity index (χ1) is 13.1. The molecule has 0 amide bonds. The Balaban J connectivity index is 2.18. The molecular formula is C21H19FO5S. The molecule has 0 heterocycles. The van der Waals surface area contributed by atoms with Crippen molar-refractivity contribution in [3.63, 3.8) is 0 Å². The molecule has 1 atom stereocenters. The van der Waals surface area contributed by atoms with Crippen LogP contribution in [0.15, 0.2) is 53.4 Å². The summed E-state index contributed by atoms with van der Waals surface area (Å²) < 4.78 is 37.3. The van der Waals surface area contributed by atoms with Gasteiger partial charge in [0.15, 0.2) is 9.84 Å². The highest BCUT2D eigenvalue weighted by molar-refractivity contribution is 7.90. The maximum Gasteiger partial charge on any atom is 0.307 e. The van der Waals surface area contributed by atoms with Crippen molar-refractivity contribution in [1.29, 1.82) is 0 Å². The zero-order chi connectivity index (χ0) is 20.6. The van der Waals surface area contributed by atoms with E-state index in [0.717, 1.165) is 6.26 Å². The van der Waals surface area contributed by atoms with E-state index in [1.165, 1.54) is 36.4 Å². The van der Waals surface area contributed by atoms with Crippen LogP contribution in [-0.2, 0) is 21.1 Å². The van der Waals surface area contributed by atoms with Gasteiger partial charge in [-0.25, -0.2) is 12.8 Å². The maximum absolute atomic E-state index is 13.8. The van der Waals surface area contributed by atoms with Crippen LogP contribution in [-0.4, -0.2) is 30.9 Å². The zero-order valence-corrected chi connectivity index (χ0v) is 16.1. The predicted octanol–water partition coefficient (Wildman–Crippen LogP) is 3.40. The van der Waals surface area contributed by atoms with Gasteiger partial charge in [-0.05, 0) is 64.2 Å². The number of halogens is 1. The Hall–Kier alpha value is -2.77. The highest BCUT2D eigenvalue weighted by Gasteiger charge is 2.19. The molecule has 0 aromatic heterocycles. The summed E-state index contributed by atoms with van der Waals surface area (Å²) >= 11 is 0. The topological polar surface area (TPSA) is 91.7 Å². The molecule has 0 aliphatic heterocycles. The summed E-state index contributed by atoms with van der Waals surface area (Å²) in [5.41, 5.74) is 1.86. The molecule has 0 fully saturated rings. The molecule has 146 valence electrons. The van der Waals surface area contributed by atoms with Crippen LogP contribution in [0.4, 0.5) is 4.39 Å². The Kier molecular flexibility index (Phi) is 5.23. The highest BCUT2D eigenvalue weighted by atomic mass is 32.2. The monoisotopic (exact) mass is 402 g/mol. The summed E-state index contributed by atoms with van der Waals surface area (Å²) in [7, 11) is -3.39. The van der Waals surface area contributed by atoms with Crippen LogP contribution in [0.1, 0.15) is 28.4 Å². The Morgan fingerprint density at radius 1 is 1.07 bits per heavy atom. The van der Waals surface area contributed by atoms with E-state index in [1.54, 1.807) is 19.1 Å². The number of aliphatic hydroxyl groups is 1. The standard InChI is InChI=1S/C21H19FO5S/c1-12-7-16(28(2,26)27)5-6-17(12)21(25)19-9-13(10-20(23)24)8-14-3-4-15(22)11-18(14)19/h3-9,11,21,25H,10H2,1-2H3,(H,23,24). The first-order valence-electron chi connectivity index (χ1n) is 8.49. The van der Waals surface area contributed by atoms with Crippen molar-refractivity contribution in [1.82, 2.24) is 0 Å². The van der Waals surface area contributed by atoms with Gasteiger partial charge < -0.3 is 10.2 Å². The average molecular weight is 402 g/mol. The quantitative estimate of drug-likeness (QED) is 0.683. The summed E-state index contributed by atoms with van der Waals surface area (Å²) in [6.45, 7) is 1.68. The molecule has 2 N–H and O–H groups in total. The third kappa shape index (κ3) is 4.05. The summed E-state index contributed by atoms with van der Waals surface area (Å²) in [5, 5.41) is 21.2. The van der Waals surface area contributed by atoms with Gasteiger partial charge in [-0.3, -0.25) is 4.79 Å². The second-order valence-corrected chi connectivity index (χ2v) is 8.83. The second-order valence-electron chi connectivity index (χ2n) is 6.81. The Bertz CT molecular complexity index is 1180. The van der Waals surface area contributed by atoms with E-state index in [-0.39, 0.29) is 11.3 Å². The minimum Gasteiger partial charge on any atom is -0.481 e. The first kappa shape index (κ1) is 20.0. The number of aliphatic hydroxyl groups excluding tert-OH is 1. The number of rotatable bonds is 5. The van der Waals surface area contributed by atoms with Crippen molar-refractivity contribution in [3.05, 3.63) is 76.6 Å². The molecule has 0 spiro atoms. The summed E-state index contributed by atoms with van der Waals surface area (Å²) in [4.78, 5) is 11.3. The van der Waals surface area contributed by atoms with Crippen molar-refractivity contribution in [2.75, 3.05) is 6.26 Å². The predicted molar refractivity (Wildman–Crippen MR) is 104 cm³/mol. The fraction of sp³-hybridized carbons (Fsp3) is 0.190. The van der Waals surface area contributed by atoms with E-state index in [0.29, 0.717) is 33.0 Å². The summed E-state index contributed by atoms with van der Waals surface area (Å²) in [6.07, 6.45) is -0.311. The lowest BCUT2D eigenvalue weighted by Crippen LogP contribution is -2.07. The fourth-order valence-electron chi connectivity index (χ4n) is 3.28. The normalized spacial score (nSPS) is 12.9. The van der Waals surface area contributed by atoms with Crippen LogP contribution < -0.4 is 0 Å². The number of carboxylic acids is 1. The zero-order valence-electron chi connectivity index (χ0n) is 15.3. The van der Waals surface area contributed by atoms with Crippen molar-refractivity contribution in [2.45, 2.75) is 24.3 Å². The van der Waals surface area contributed by atoms with E-state index in [1.807, 2.05) is 0 Å².